The predicted molar refractivity (Wildman–Crippen MR) is 97.0 cm³/mol. The number of Topliss-reactive ketones (excluding diaryl/α,β-unsaturated/α-hetero) is 1. The number of hydrogen-bond acceptors (Lipinski definition) is 5. The lowest BCUT2D eigenvalue weighted by atomic mass is 10.00. The van der Waals surface area contributed by atoms with E-state index in [4.69, 9.17) is 9.15 Å². The summed E-state index contributed by atoms with van der Waals surface area (Å²) < 4.78 is 11.2. The van der Waals surface area contributed by atoms with E-state index in [0.29, 0.717) is 22.8 Å². The number of aromatic nitrogens is 1. The SMILES string of the molecule is C/C(=C\N(C)C)C(=O)c1ccc(Oc2nccc3occc23)cc1C. The van der Waals surface area contributed by atoms with Gasteiger partial charge in [0.2, 0.25) is 5.88 Å². The Balaban J connectivity index is 1.87. The third-order valence-electron chi connectivity index (χ3n) is 3.81. The number of nitrogens with zero attached hydrogens (tertiary/aromatic N) is 2. The van der Waals surface area contributed by atoms with Crippen LogP contribution in [-0.2, 0) is 0 Å². The second kappa shape index (κ2) is 6.81. The first-order valence-electron chi connectivity index (χ1n) is 7.96. The van der Waals surface area contributed by atoms with Gasteiger partial charge in [-0.1, -0.05) is 0 Å². The normalized spacial score (nSPS) is 11.6. The molecule has 0 bridgehead atoms. The van der Waals surface area contributed by atoms with Crippen molar-refractivity contribution in [3.63, 3.8) is 0 Å². The van der Waals surface area contributed by atoms with Crippen LogP contribution in [0, 0.1) is 6.92 Å². The Morgan fingerprint density at radius 1 is 1.24 bits per heavy atom. The van der Waals surface area contributed by atoms with E-state index in [1.54, 1.807) is 30.7 Å². The van der Waals surface area contributed by atoms with Crippen LogP contribution in [0.3, 0.4) is 0 Å². The zero-order valence-electron chi connectivity index (χ0n) is 14.7. The van der Waals surface area contributed by atoms with Crippen molar-refractivity contribution in [2.45, 2.75) is 13.8 Å². The number of furan rings is 1. The fourth-order valence-corrected chi connectivity index (χ4v) is 2.67. The molecule has 1 aromatic carbocycles. The molecule has 0 aliphatic carbocycles. The van der Waals surface area contributed by atoms with Crippen LogP contribution in [0.25, 0.3) is 11.0 Å². The smallest absolute Gasteiger partial charge is 0.230 e. The Kier molecular flexibility index (Phi) is 4.57. The molecule has 0 radical (unpaired) electrons. The van der Waals surface area contributed by atoms with Crippen LogP contribution in [0.15, 0.2) is 59.0 Å². The van der Waals surface area contributed by atoms with Gasteiger partial charge in [0, 0.05) is 37.6 Å². The maximum absolute atomic E-state index is 12.6. The summed E-state index contributed by atoms with van der Waals surface area (Å²) in [5.41, 5.74) is 2.93. The summed E-state index contributed by atoms with van der Waals surface area (Å²) in [4.78, 5) is 18.7. The number of hydrogen-bond donors (Lipinski definition) is 0. The maximum Gasteiger partial charge on any atom is 0.230 e. The Labute approximate surface area is 146 Å². The minimum Gasteiger partial charge on any atom is -0.464 e. The zero-order valence-corrected chi connectivity index (χ0v) is 14.7. The summed E-state index contributed by atoms with van der Waals surface area (Å²) in [6, 6.07) is 9.02. The van der Waals surface area contributed by atoms with E-state index in [1.807, 2.05) is 51.2 Å². The van der Waals surface area contributed by atoms with Crippen molar-refractivity contribution in [3.8, 4) is 11.6 Å². The second-order valence-electron chi connectivity index (χ2n) is 6.13. The molecule has 0 aliphatic heterocycles. The highest BCUT2D eigenvalue weighted by Crippen LogP contribution is 2.29. The molecule has 0 saturated heterocycles. The van der Waals surface area contributed by atoms with Crippen molar-refractivity contribution in [2.75, 3.05) is 14.1 Å². The number of carbonyl (C=O) groups is 1. The number of pyridine rings is 1. The minimum atomic E-state index is 0.00723. The van der Waals surface area contributed by atoms with E-state index in [-0.39, 0.29) is 5.78 Å². The van der Waals surface area contributed by atoms with Crippen LogP contribution in [0.5, 0.6) is 11.6 Å². The maximum atomic E-state index is 12.6. The van der Waals surface area contributed by atoms with Gasteiger partial charge in [-0.25, -0.2) is 4.98 Å². The summed E-state index contributed by atoms with van der Waals surface area (Å²) in [7, 11) is 3.79. The molecule has 0 aliphatic rings. The molecule has 25 heavy (non-hydrogen) atoms. The van der Waals surface area contributed by atoms with Crippen LogP contribution in [-0.4, -0.2) is 29.8 Å². The largest absolute Gasteiger partial charge is 0.464 e. The molecule has 3 rings (SSSR count). The van der Waals surface area contributed by atoms with E-state index in [9.17, 15) is 4.79 Å². The van der Waals surface area contributed by atoms with Crippen LogP contribution < -0.4 is 4.74 Å². The number of benzene rings is 1. The zero-order chi connectivity index (χ0) is 18.0. The van der Waals surface area contributed by atoms with Crippen LogP contribution in [0.4, 0.5) is 0 Å². The molecule has 3 aromatic rings. The number of allylic oxidation sites excluding steroid dienone is 1. The monoisotopic (exact) mass is 336 g/mol. The molecule has 5 nitrogen and oxygen atoms in total. The highest BCUT2D eigenvalue weighted by atomic mass is 16.5. The Morgan fingerprint density at radius 3 is 2.76 bits per heavy atom. The van der Waals surface area contributed by atoms with Gasteiger partial charge in [0.05, 0.1) is 11.6 Å². The van der Waals surface area contributed by atoms with Crippen molar-refractivity contribution in [1.82, 2.24) is 9.88 Å². The molecule has 0 unspecified atom stereocenters. The molecule has 0 N–H and O–H groups in total. The topological polar surface area (TPSA) is 55.6 Å². The first-order chi connectivity index (χ1) is 12.0. The van der Waals surface area contributed by atoms with Crippen molar-refractivity contribution in [3.05, 3.63) is 65.7 Å². The van der Waals surface area contributed by atoms with Crippen LogP contribution in [0.1, 0.15) is 22.8 Å². The number of aryl methyl sites for hydroxylation is 1. The molecule has 0 atom stereocenters. The van der Waals surface area contributed by atoms with E-state index in [0.717, 1.165) is 16.5 Å². The molecule has 0 amide bonds. The molecule has 128 valence electrons. The van der Waals surface area contributed by atoms with Gasteiger partial charge in [-0.3, -0.25) is 4.79 Å². The lowest BCUT2D eigenvalue weighted by Gasteiger charge is -2.11. The number of ether oxygens (including phenoxy) is 1. The third-order valence-corrected chi connectivity index (χ3v) is 3.81. The summed E-state index contributed by atoms with van der Waals surface area (Å²) >= 11 is 0. The second-order valence-corrected chi connectivity index (χ2v) is 6.13. The van der Waals surface area contributed by atoms with Gasteiger partial charge in [-0.2, -0.15) is 0 Å². The lowest BCUT2D eigenvalue weighted by molar-refractivity contribution is 0.103. The predicted octanol–water partition coefficient (Wildman–Crippen LogP) is 4.58. The molecule has 2 heterocycles. The van der Waals surface area contributed by atoms with Gasteiger partial charge in [0.25, 0.3) is 0 Å². The number of carbonyl (C=O) groups excluding carboxylic acids is 1. The molecular weight excluding hydrogens is 316 g/mol. The number of fused-ring (bicyclic) bond motifs is 1. The molecule has 0 fully saturated rings. The Bertz CT molecular complexity index is 954. The molecule has 0 saturated carbocycles. The van der Waals surface area contributed by atoms with E-state index >= 15 is 0 Å². The summed E-state index contributed by atoms with van der Waals surface area (Å²) in [5, 5.41) is 0.810. The summed E-state index contributed by atoms with van der Waals surface area (Å²) in [5.74, 6) is 1.12. The van der Waals surface area contributed by atoms with E-state index in [1.165, 1.54) is 0 Å². The first-order valence-corrected chi connectivity index (χ1v) is 7.96. The average molecular weight is 336 g/mol. The van der Waals surface area contributed by atoms with E-state index < -0.39 is 0 Å². The van der Waals surface area contributed by atoms with E-state index in [2.05, 4.69) is 4.98 Å². The van der Waals surface area contributed by atoms with Gasteiger partial charge < -0.3 is 14.1 Å². The highest BCUT2D eigenvalue weighted by Gasteiger charge is 2.13. The minimum absolute atomic E-state index is 0.00723. The van der Waals surface area contributed by atoms with Gasteiger partial charge in [0.15, 0.2) is 5.78 Å². The van der Waals surface area contributed by atoms with Crippen LogP contribution >= 0.6 is 0 Å². The van der Waals surface area contributed by atoms with Gasteiger partial charge in [-0.05, 0) is 49.7 Å². The lowest BCUT2D eigenvalue weighted by Crippen LogP contribution is -2.09. The molecule has 0 spiro atoms. The molecule has 5 heteroatoms. The van der Waals surface area contributed by atoms with Gasteiger partial charge in [0.1, 0.15) is 11.3 Å². The summed E-state index contributed by atoms with van der Waals surface area (Å²) in [6.45, 7) is 3.71. The first kappa shape index (κ1) is 16.8. The molecule has 2 aromatic heterocycles. The van der Waals surface area contributed by atoms with Crippen molar-refractivity contribution >= 4 is 16.8 Å². The quantitative estimate of drug-likeness (QED) is 0.504. The fraction of sp³-hybridized carbons (Fsp3) is 0.200. The van der Waals surface area contributed by atoms with Crippen LogP contribution in [0.2, 0.25) is 0 Å². The van der Waals surface area contributed by atoms with Crippen molar-refractivity contribution in [1.29, 1.82) is 0 Å². The van der Waals surface area contributed by atoms with Crippen molar-refractivity contribution in [2.24, 2.45) is 0 Å². The van der Waals surface area contributed by atoms with Gasteiger partial charge in [-0.15, -0.1) is 0 Å². The fourth-order valence-electron chi connectivity index (χ4n) is 2.67. The van der Waals surface area contributed by atoms with Gasteiger partial charge >= 0.3 is 0 Å². The number of rotatable bonds is 5. The summed E-state index contributed by atoms with van der Waals surface area (Å²) in [6.07, 6.45) is 5.06. The number of ketones is 1. The highest BCUT2D eigenvalue weighted by molar-refractivity contribution is 6.09. The Hall–Kier alpha value is -3.08. The van der Waals surface area contributed by atoms with Crippen molar-refractivity contribution < 1.29 is 13.9 Å². The Morgan fingerprint density at radius 2 is 2.04 bits per heavy atom. The third kappa shape index (κ3) is 3.55. The average Bonchev–Trinajstić information content (AvgIpc) is 3.03. The molecular formula is C20H20N2O3. The standard InChI is InChI=1S/C20H20N2O3/c1-13-11-15(5-6-16(13)19(23)14(2)12-22(3)4)25-20-17-8-10-24-18(17)7-9-21-20/h5-12H,1-4H3/b14-12+.